The summed E-state index contributed by atoms with van der Waals surface area (Å²) in [5.74, 6) is 0.388. The van der Waals surface area contributed by atoms with E-state index in [1.807, 2.05) is 38.1 Å². The molecule has 0 amide bonds. The van der Waals surface area contributed by atoms with Crippen molar-refractivity contribution in [3.63, 3.8) is 0 Å². The molecule has 0 spiro atoms. The average molecular weight is 424 g/mol. The van der Waals surface area contributed by atoms with Crippen molar-refractivity contribution in [1.29, 1.82) is 0 Å². The van der Waals surface area contributed by atoms with Gasteiger partial charge in [0.2, 0.25) is 0 Å². The molecule has 0 aliphatic rings. The molecule has 3 aromatic rings. The highest BCUT2D eigenvalue weighted by atomic mass is 16.5. The number of hydrogen-bond donors (Lipinski definition) is 0. The Morgan fingerprint density at radius 3 is 1.97 bits per heavy atom. The molecule has 2 aromatic carbocycles. The van der Waals surface area contributed by atoms with Gasteiger partial charge in [0, 0.05) is 11.1 Å². The van der Waals surface area contributed by atoms with Crippen molar-refractivity contribution < 1.29 is 9.53 Å². The zero-order valence-corrected chi connectivity index (χ0v) is 19.4. The third-order valence-corrected chi connectivity index (χ3v) is 5.57. The van der Waals surface area contributed by atoms with Crippen LogP contribution in [0.3, 0.4) is 0 Å². The first-order valence-electron chi connectivity index (χ1n) is 10.7. The van der Waals surface area contributed by atoms with Crippen LogP contribution in [0.2, 0.25) is 0 Å². The van der Waals surface area contributed by atoms with Crippen LogP contribution >= 0.6 is 0 Å². The molecule has 1 heterocycles. The van der Waals surface area contributed by atoms with E-state index in [9.17, 15) is 4.79 Å². The highest BCUT2D eigenvalue weighted by Crippen LogP contribution is 2.37. The van der Waals surface area contributed by atoms with Crippen molar-refractivity contribution in [2.75, 3.05) is 7.11 Å². The lowest BCUT2D eigenvalue weighted by atomic mass is 9.96. The Morgan fingerprint density at radius 2 is 1.50 bits per heavy atom. The van der Waals surface area contributed by atoms with Gasteiger partial charge in [-0.2, -0.15) is 0 Å². The van der Waals surface area contributed by atoms with Crippen molar-refractivity contribution in [2.45, 2.75) is 27.7 Å². The molecule has 0 N–H and O–H groups in total. The maximum atomic E-state index is 12.5. The van der Waals surface area contributed by atoms with E-state index >= 15 is 0 Å². The number of carbonyl (C=O) groups excluding carboxylic acids is 1. The van der Waals surface area contributed by atoms with E-state index in [-0.39, 0.29) is 5.78 Å². The summed E-state index contributed by atoms with van der Waals surface area (Å²) < 4.78 is 5.67. The molecular formula is C29H29NO2. The van der Waals surface area contributed by atoms with E-state index in [0.29, 0.717) is 28.3 Å². The number of ether oxygens (including phenoxy) is 1. The van der Waals surface area contributed by atoms with Gasteiger partial charge in [-0.25, -0.2) is 4.98 Å². The molecule has 0 saturated heterocycles. The van der Waals surface area contributed by atoms with Crippen LogP contribution < -0.4 is 4.74 Å². The van der Waals surface area contributed by atoms with Gasteiger partial charge in [0.25, 0.3) is 0 Å². The lowest BCUT2D eigenvalue weighted by Gasteiger charge is -2.17. The number of ketones is 1. The highest BCUT2D eigenvalue weighted by molar-refractivity contribution is 6.03. The summed E-state index contributed by atoms with van der Waals surface area (Å²) in [6, 6.07) is 16.7. The molecule has 32 heavy (non-hydrogen) atoms. The molecular weight excluding hydrogens is 394 g/mol. The summed E-state index contributed by atoms with van der Waals surface area (Å²) in [6.07, 6.45) is 7.56. The predicted molar refractivity (Wildman–Crippen MR) is 136 cm³/mol. The molecule has 3 heteroatoms. The number of benzene rings is 2. The lowest BCUT2D eigenvalue weighted by Crippen LogP contribution is -2.07. The minimum atomic E-state index is -0.0840. The summed E-state index contributed by atoms with van der Waals surface area (Å²) in [4.78, 5) is 17.3. The van der Waals surface area contributed by atoms with Gasteiger partial charge in [0.15, 0.2) is 11.5 Å². The van der Waals surface area contributed by atoms with Crippen molar-refractivity contribution >= 4 is 23.5 Å². The smallest absolute Gasteiger partial charge is 0.164 e. The first-order chi connectivity index (χ1) is 15.4. The number of aromatic nitrogens is 1. The first kappa shape index (κ1) is 23.0. The molecule has 0 fully saturated rings. The van der Waals surface area contributed by atoms with Crippen LogP contribution in [0.4, 0.5) is 0 Å². The summed E-state index contributed by atoms with van der Waals surface area (Å²) in [5, 5.41) is 0. The van der Waals surface area contributed by atoms with Crippen LogP contribution in [0.15, 0.2) is 67.3 Å². The maximum absolute atomic E-state index is 12.5. The monoisotopic (exact) mass is 423 g/mol. The standard InChI is InChI=1S/C29H29NO2/c1-7-10-26-25(9-3)27(20(5)31)29(32-6)28(30-26)24-17-15-23(16-18-24)22-13-11-21(12-14-22)19(4)8-2/h7-18H,3H2,1-2,4-6H3/b10-7-,19-8+. The number of Topliss-reactive ketones (excluding diaryl/α,β-unsaturated/α-hetero) is 1. The van der Waals surface area contributed by atoms with Gasteiger partial charge in [-0.15, -0.1) is 0 Å². The molecule has 0 saturated carbocycles. The molecule has 0 radical (unpaired) electrons. The van der Waals surface area contributed by atoms with E-state index in [1.54, 1.807) is 13.2 Å². The Balaban J connectivity index is 2.10. The summed E-state index contributed by atoms with van der Waals surface area (Å²) in [6.45, 7) is 11.5. The number of carbonyl (C=O) groups is 1. The largest absolute Gasteiger partial charge is 0.494 e. The van der Waals surface area contributed by atoms with Gasteiger partial charge in [-0.05, 0) is 56.0 Å². The van der Waals surface area contributed by atoms with Crippen LogP contribution in [0.25, 0.3) is 40.1 Å². The molecule has 3 nitrogen and oxygen atoms in total. The molecule has 0 aliphatic carbocycles. The Kier molecular flexibility index (Phi) is 7.21. The third kappa shape index (κ3) is 4.47. The Bertz CT molecular complexity index is 1200. The average Bonchev–Trinajstić information content (AvgIpc) is 2.83. The van der Waals surface area contributed by atoms with E-state index in [4.69, 9.17) is 9.72 Å². The molecule has 1 aromatic heterocycles. The zero-order chi connectivity index (χ0) is 23.3. The highest BCUT2D eigenvalue weighted by Gasteiger charge is 2.22. The number of methoxy groups -OCH3 is 1. The lowest BCUT2D eigenvalue weighted by molar-refractivity contribution is 0.101. The van der Waals surface area contributed by atoms with Crippen LogP contribution in [-0.4, -0.2) is 17.9 Å². The van der Waals surface area contributed by atoms with Gasteiger partial charge in [0.1, 0.15) is 5.69 Å². The van der Waals surface area contributed by atoms with E-state index < -0.39 is 0 Å². The summed E-state index contributed by atoms with van der Waals surface area (Å²) in [5.41, 5.74) is 8.14. The van der Waals surface area contributed by atoms with Crippen LogP contribution in [-0.2, 0) is 0 Å². The number of rotatable bonds is 7. The van der Waals surface area contributed by atoms with Crippen molar-refractivity contribution in [3.05, 3.63) is 89.6 Å². The second kappa shape index (κ2) is 10.1. The second-order valence-electron chi connectivity index (χ2n) is 7.55. The van der Waals surface area contributed by atoms with Gasteiger partial charge >= 0.3 is 0 Å². The van der Waals surface area contributed by atoms with Gasteiger partial charge in [-0.3, -0.25) is 4.79 Å². The SMILES string of the molecule is C=Cc1c(/C=C\C)nc(-c2ccc(-c3ccc(/C(C)=C/C)cc3)cc2)c(OC)c1C(C)=O. The van der Waals surface area contributed by atoms with Crippen LogP contribution in [0, 0.1) is 0 Å². The normalized spacial score (nSPS) is 11.6. The molecule has 0 atom stereocenters. The Morgan fingerprint density at radius 1 is 0.938 bits per heavy atom. The van der Waals surface area contributed by atoms with E-state index in [0.717, 1.165) is 16.7 Å². The number of allylic oxidation sites excluding steroid dienone is 3. The molecule has 0 unspecified atom stereocenters. The topological polar surface area (TPSA) is 39.2 Å². The van der Waals surface area contributed by atoms with Gasteiger partial charge < -0.3 is 4.74 Å². The second-order valence-corrected chi connectivity index (χ2v) is 7.55. The third-order valence-electron chi connectivity index (χ3n) is 5.57. The minimum Gasteiger partial charge on any atom is -0.494 e. The van der Waals surface area contributed by atoms with Gasteiger partial charge in [0.05, 0.1) is 18.4 Å². The minimum absolute atomic E-state index is 0.0840. The fourth-order valence-electron chi connectivity index (χ4n) is 3.75. The first-order valence-corrected chi connectivity index (χ1v) is 10.7. The number of nitrogens with zero attached hydrogens (tertiary/aromatic N) is 1. The Labute approximate surface area is 190 Å². The number of pyridine rings is 1. The fourth-order valence-corrected chi connectivity index (χ4v) is 3.75. The molecule has 0 bridgehead atoms. The van der Waals surface area contributed by atoms with E-state index in [2.05, 4.69) is 56.0 Å². The Hall–Kier alpha value is -3.72. The van der Waals surface area contributed by atoms with Crippen molar-refractivity contribution in [3.8, 4) is 28.1 Å². The molecule has 3 rings (SSSR count). The fraction of sp³-hybridized carbons (Fsp3) is 0.172. The summed E-state index contributed by atoms with van der Waals surface area (Å²) >= 11 is 0. The number of hydrogen-bond acceptors (Lipinski definition) is 3. The van der Waals surface area contributed by atoms with Crippen molar-refractivity contribution in [2.24, 2.45) is 0 Å². The van der Waals surface area contributed by atoms with Crippen LogP contribution in [0.5, 0.6) is 5.75 Å². The van der Waals surface area contributed by atoms with Gasteiger partial charge in [-0.1, -0.05) is 73.3 Å². The maximum Gasteiger partial charge on any atom is 0.164 e. The summed E-state index contributed by atoms with van der Waals surface area (Å²) in [7, 11) is 1.57. The predicted octanol–water partition coefficient (Wildman–Crippen LogP) is 7.73. The zero-order valence-electron chi connectivity index (χ0n) is 19.4. The van der Waals surface area contributed by atoms with Crippen LogP contribution in [0.1, 0.15) is 54.9 Å². The van der Waals surface area contributed by atoms with E-state index in [1.165, 1.54) is 18.1 Å². The molecule has 0 aliphatic heterocycles. The van der Waals surface area contributed by atoms with Crippen molar-refractivity contribution in [1.82, 2.24) is 4.98 Å². The molecule has 162 valence electrons. The quantitative estimate of drug-likeness (QED) is 0.365.